The van der Waals surface area contributed by atoms with E-state index in [1.54, 1.807) is 0 Å². The average Bonchev–Trinajstić information content (AvgIpc) is 3.40. The molecule has 0 radical (unpaired) electrons. The predicted octanol–water partition coefficient (Wildman–Crippen LogP) is 13.1. The quantitative estimate of drug-likeness (QED) is 0.180. The lowest BCUT2D eigenvalue weighted by Gasteiger charge is -2.31. The van der Waals surface area contributed by atoms with Gasteiger partial charge in [0.1, 0.15) is 0 Å². The zero-order chi connectivity index (χ0) is 33.7. The SMILES string of the molecule is CC1(C)c2cc(N(c3ccc(C4CCCCC4)cc3)c3cc4ccc3CCc3ccc(cc3)CC4)ccc2-c2c(-c3ccccc3)cccc21. The van der Waals surface area contributed by atoms with Gasteiger partial charge in [0, 0.05) is 22.5 Å². The third-order valence-electron chi connectivity index (χ3n) is 12.1. The first-order valence-electron chi connectivity index (χ1n) is 19.0. The molecule has 6 aromatic rings. The van der Waals surface area contributed by atoms with Gasteiger partial charge in [-0.2, -0.15) is 0 Å². The zero-order valence-corrected chi connectivity index (χ0v) is 29.6. The highest BCUT2D eigenvalue weighted by atomic mass is 15.1. The standard InChI is InChI=1S/C49H47N/c1-49(2)45-15-9-14-43(39-12-7-4-8-13-39)48(45)44-31-30-42(33-46(44)49)50(41-28-26-38(27-29-41)37-10-5-3-6-11-37)47-32-36-21-20-34-16-18-35(19-17-34)22-24-40(47)25-23-36/h4,7-9,12-19,23,25-33,37H,3,5-6,10-11,20-22,24H2,1-2H3. The second-order valence-corrected chi connectivity index (χ2v) is 15.5. The monoisotopic (exact) mass is 649 g/mol. The van der Waals surface area contributed by atoms with E-state index in [1.165, 1.54) is 110 Å². The molecule has 248 valence electrons. The molecule has 0 unspecified atom stereocenters. The summed E-state index contributed by atoms with van der Waals surface area (Å²) >= 11 is 0. The summed E-state index contributed by atoms with van der Waals surface area (Å²) in [5.41, 5.74) is 19.0. The fraction of sp³-hybridized carbons (Fsp3) is 0.265. The number of benzene rings is 6. The van der Waals surface area contributed by atoms with Crippen molar-refractivity contribution >= 4 is 17.1 Å². The summed E-state index contributed by atoms with van der Waals surface area (Å²) in [5, 5.41) is 0. The molecule has 0 aliphatic heterocycles. The van der Waals surface area contributed by atoms with Crippen LogP contribution in [0.2, 0.25) is 0 Å². The topological polar surface area (TPSA) is 3.24 Å². The fourth-order valence-corrected chi connectivity index (χ4v) is 9.16. The summed E-state index contributed by atoms with van der Waals surface area (Å²) < 4.78 is 0. The molecule has 50 heavy (non-hydrogen) atoms. The molecule has 0 heterocycles. The summed E-state index contributed by atoms with van der Waals surface area (Å²) in [6.45, 7) is 4.82. The molecule has 6 aliphatic rings. The lowest BCUT2D eigenvalue weighted by molar-refractivity contribution is 0.443. The van der Waals surface area contributed by atoms with Crippen molar-refractivity contribution in [3.8, 4) is 22.3 Å². The number of rotatable bonds is 5. The molecular formula is C49H47N. The second kappa shape index (κ2) is 12.8. The van der Waals surface area contributed by atoms with Crippen LogP contribution in [-0.4, -0.2) is 0 Å². The largest absolute Gasteiger partial charge is 0.310 e. The van der Waals surface area contributed by atoms with Gasteiger partial charge >= 0.3 is 0 Å². The second-order valence-electron chi connectivity index (χ2n) is 15.5. The van der Waals surface area contributed by atoms with E-state index >= 15 is 0 Å². The number of fused-ring (bicyclic) bond motifs is 3. The highest BCUT2D eigenvalue weighted by Gasteiger charge is 2.37. The van der Waals surface area contributed by atoms with Crippen LogP contribution in [-0.2, 0) is 31.1 Å². The molecular weight excluding hydrogens is 603 g/mol. The Morgan fingerprint density at radius 1 is 0.520 bits per heavy atom. The summed E-state index contributed by atoms with van der Waals surface area (Å²) in [4.78, 5) is 2.58. The van der Waals surface area contributed by atoms with Crippen molar-refractivity contribution in [3.05, 3.63) is 172 Å². The van der Waals surface area contributed by atoms with Crippen molar-refractivity contribution in [2.24, 2.45) is 0 Å². The normalized spacial score (nSPS) is 16.4. The molecule has 1 saturated carbocycles. The molecule has 0 aromatic heterocycles. The number of hydrogen-bond donors (Lipinski definition) is 0. The van der Waals surface area contributed by atoms with E-state index < -0.39 is 0 Å². The van der Waals surface area contributed by atoms with E-state index in [0.29, 0.717) is 5.92 Å². The van der Waals surface area contributed by atoms with E-state index in [2.05, 4.69) is 152 Å². The van der Waals surface area contributed by atoms with Crippen LogP contribution in [0.4, 0.5) is 17.1 Å². The average molecular weight is 650 g/mol. The Kier molecular flexibility index (Phi) is 7.96. The predicted molar refractivity (Wildman–Crippen MR) is 211 cm³/mol. The van der Waals surface area contributed by atoms with E-state index in [0.717, 1.165) is 25.7 Å². The van der Waals surface area contributed by atoms with Crippen molar-refractivity contribution in [1.82, 2.24) is 0 Å². The number of anilines is 3. The Morgan fingerprint density at radius 3 is 1.96 bits per heavy atom. The van der Waals surface area contributed by atoms with Crippen LogP contribution >= 0.6 is 0 Å². The van der Waals surface area contributed by atoms with Gasteiger partial charge in [0.05, 0.1) is 0 Å². The van der Waals surface area contributed by atoms with Crippen LogP contribution in [0.15, 0.2) is 133 Å². The Labute approximate surface area is 298 Å². The van der Waals surface area contributed by atoms with E-state index in [9.17, 15) is 0 Å². The van der Waals surface area contributed by atoms with Crippen molar-refractivity contribution < 1.29 is 0 Å². The van der Waals surface area contributed by atoms with E-state index in [-0.39, 0.29) is 5.41 Å². The first-order chi connectivity index (χ1) is 24.5. The Balaban J connectivity index is 1.19. The van der Waals surface area contributed by atoms with Gasteiger partial charge < -0.3 is 4.90 Å². The van der Waals surface area contributed by atoms with Crippen molar-refractivity contribution in [3.63, 3.8) is 0 Å². The maximum Gasteiger partial charge on any atom is 0.0496 e. The minimum absolute atomic E-state index is 0.116. The van der Waals surface area contributed by atoms with Crippen LogP contribution in [0.1, 0.15) is 90.8 Å². The molecule has 0 N–H and O–H groups in total. The van der Waals surface area contributed by atoms with Crippen molar-refractivity contribution in [2.45, 2.75) is 83.0 Å². The number of hydrogen-bond acceptors (Lipinski definition) is 1. The lowest BCUT2D eigenvalue weighted by Crippen LogP contribution is -2.17. The van der Waals surface area contributed by atoms with Gasteiger partial charge in [-0.05, 0) is 136 Å². The van der Waals surface area contributed by atoms with Crippen LogP contribution in [0.5, 0.6) is 0 Å². The summed E-state index contributed by atoms with van der Waals surface area (Å²) in [7, 11) is 0. The highest BCUT2D eigenvalue weighted by Crippen LogP contribution is 2.54. The summed E-state index contributed by atoms with van der Waals surface area (Å²) in [6.07, 6.45) is 10.9. The molecule has 1 nitrogen and oxygen atoms in total. The third kappa shape index (κ3) is 5.58. The molecule has 0 amide bonds. The number of aryl methyl sites for hydroxylation is 4. The Bertz CT molecular complexity index is 2150. The molecule has 1 heteroatoms. The van der Waals surface area contributed by atoms with Gasteiger partial charge in [0.15, 0.2) is 0 Å². The molecule has 6 aliphatic carbocycles. The maximum absolute atomic E-state index is 2.58. The zero-order valence-electron chi connectivity index (χ0n) is 29.6. The fourth-order valence-electron chi connectivity index (χ4n) is 9.16. The van der Waals surface area contributed by atoms with Gasteiger partial charge in [0.2, 0.25) is 0 Å². The summed E-state index contributed by atoms with van der Waals surface area (Å²) in [5.74, 6) is 0.694. The van der Waals surface area contributed by atoms with Crippen molar-refractivity contribution in [1.29, 1.82) is 0 Å². The van der Waals surface area contributed by atoms with Crippen molar-refractivity contribution in [2.75, 3.05) is 4.90 Å². The first-order valence-corrected chi connectivity index (χ1v) is 19.0. The molecule has 6 aromatic carbocycles. The molecule has 1 fully saturated rings. The Hall–Kier alpha value is -4.88. The van der Waals surface area contributed by atoms with Gasteiger partial charge in [-0.15, -0.1) is 0 Å². The highest BCUT2D eigenvalue weighted by molar-refractivity contribution is 5.94. The molecule has 12 rings (SSSR count). The van der Waals surface area contributed by atoms with Gasteiger partial charge in [0.25, 0.3) is 0 Å². The van der Waals surface area contributed by atoms with Gasteiger partial charge in [-0.3, -0.25) is 0 Å². The van der Waals surface area contributed by atoms with Crippen LogP contribution in [0, 0.1) is 0 Å². The molecule has 0 saturated heterocycles. The minimum atomic E-state index is -0.116. The lowest BCUT2D eigenvalue weighted by atomic mass is 9.81. The van der Waals surface area contributed by atoms with Gasteiger partial charge in [-0.25, -0.2) is 0 Å². The third-order valence-corrected chi connectivity index (χ3v) is 12.1. The molecule has 0 spiro atoms. The van der Waals surface area contributed by atoms with Crippen LogP contribution in [0.25, 0.3) is 22.3 Å². The molecule has 0 atom stereocenters. The van der Waals surface area contributed by atoms with Crippen LogP contribution in [0.3, 0.4) is 0 Å². The van der Waals surface area contributed by atoms with Crippen LogP contribution < -0.4 is 4.90 Å². The maximum atomic E-state index is 2.58. The van der Waals surface area contributed by atoms with Gasteiger partial charge in [-0.1, -0.05) is 136 Å². The minimum Gasteiger partial charge on any atom is -0.310 e. The first kappa shape index (κ1) is 31.1. The smallest absolute Gasteiger partial charge is 0.0496 e. The molecule has 4 bridgehead atoms. The summed E-state index contributed by atoms with van der Waals surface area (Å²) in [6, 6.07) is 51.4. The Morgan fingerprint density at radius 2 is 1.20 bits per heavy atom. The number of nitrogens with zero attached hydrogens (tertiary/aromatic N) is 1. The van der Waals surface area contributed by atoms with E-state index in [4.69, 9.17) is 0 Å². The van der Waals surface area contributed by atoms with E-state index in [1.807, 2.05) is 0 Å².